The summed E-state index contributed by atoms with van der Waals surface area (Å²) >= 11 is 0. The number of carbonyl (C=O) groups excluding carboxylic acids is 1. The zero-order valence-electron chi connectivity index (χ0n) is 21.7. The number of imidazole rings is 1. The Morgan fingerprint density at radius 2 is 1.82 bits per heavy atom. The Hall–Kier alpha value is -4.51. The molecule has 0 radical (unpaired) electrons. The van der Waals surface area contributed by atoms with E-state index >= 15 is 0 Å². The lowest BCUT2D eigenvalue weighted by atomic mass is 10.1. The van der Waals surface area contributed by atoms with Gasteiger partial charge in [-0.3, -0.25) is 4.79 Å². The molecule has 0 saturated carbocycles. The van der Waals surface area contributed by atoms with Crippen LogP contribution in [0.4, 0.5) is 24.8 Å². The number of nitrogens with one attached hydrogen (secondary N) is 1. The van der Waals surface area contributed by atoms with Gasteiger partial charge in [0.05, 0.1) is 35.3 Å². The van der Waals surface area contributed by atoms with Crippen molar-refractivity contribution in [2.45, 2.75) is 44.8 Å². The molecule has 1 fully saturated rings. The van der Waals surface area contributed by atoms with E-state index in [-0.39, 0.29) is 30.4 Å². The maximum Gasteiger partial charge on any atom is 0.309 e. The number of hydrogen-bond donors (Lipinski definition) is 2. The van der Waals surface area contributed by atoms with E-state index < -0.39 is 35.6 Å². The molecule has 11 heteroatoms. The highest BCUT2D eigenvalue weighted by atomic mass is 19.1. The Bertz CT molecular complexity index is 1570. The Labute approximate surface area is 228 Å². The number of aliphatic hydroxyl groups is 1. The van der Waals surface area contributed by atoms with E-state index in [0.29, 0.717) is 28.5 Å². The van der Waals surface area contributed by atoms with Crippen LogP contribution in [0.15, 0.2) is 60.8 Å². The number of ether oxygens (including phenoxy) is 1. The molecule has 8 nitrogen and oxygen atoms in total. The third kappa shape index (κ3) is 5.89. The van der Waals surface area contributed by atoms with Crippen molar-refractivity contribution in [1.82, 2.24) is 19.5 Å². The molecular formula is C29H26F3N5O3. The maximum absolute atomic E-state index is 14.3. The summed E-state index contributed by atoms with van der Waals surface area (Å²) in [6.07, 6.45) is 3.59. The Kier molecular flexibility index (Phi) is 7.65. The molecule has 40 heavy (non-hydrogen) atoms. The molecule has 1 saturated heterocycles. The smallest absolute Gasteiger partial charge is 0.309 e. The largest absolute Gasteiger partial charge is 0.458 e. The average Bonchev–Trinajstić information content (AvgIpc) is 3.29. The molecule has 1 aliphatic heterocycles. The minimum absolute atomic E-state index is 0.00810. The molecule has 206 valence electrons. The second-order valence-corrected chi connectivity index (χ2v) is 9.68. The lowest BCUT2D eigenvalue weighted by Gasteiger charge is -2.23. The predicted octanol–water partition coefficient (Wildman–Crippen LogP) is 5.83. The summed E-state index contributed by atoms with van der Waals surface area (Å²) < 4.78 is 48.6. The molecule has 2 N–H and O–H groups in total. The van der Waals surface area contributed by atoms with Crippen molar-refractivity contribution in [3.8, 4) is 22.6 Å². The van der Waals surface area contributed by atoms with Crippen molar-refractivity contribution in [2.75, 3.05) is 5.32 Å². The molecular weight excluding hydrogens is 523 g/mol. The van der Waals surface area contributed by atoms with Crippen LogP contribution >= 0.6 is 0 Å². The summed E-state index contributed by atoms with van der Waals surface area (Å²) in [4.78, 5) is 25.5. The minimum Gasteiger partial charge on any atom is -0.458 e. The number of cyclic esters (lactones) is 1. The van der Waals surface area contributed by atoms with Crippen molar-refractivity contribution >= 4 is 23.8 Å². The van der Waals surface area contributed by atoms with Crippen LogP contribution in [-0.2, 0) is 9.53 Å². The standard InChI is InChI=1S/C29H26F3N5O3/c1-16(2)28-36-26(17-3-5-18(30)6-4-17)27(37(28)12-10-21-14-20(38)15-25(39)40-21)24-9-11-33-29(35-24)34-23-8-7-19(31)13-22(23)32/h3-13,16,20-21,38H,14-15H2,1-2H3,(H,33,34,35)/b12-10+/t20-,21-/m1/s1. The lowest BCUT2D eigenvalue weighted by Crippen LogP contribution is -2.31. The summed E-state index contributed by atoms with van der Waals surface area (Å²) in [7, 11) is 0. The molecule has 0 amide bonds. The molecule has 1 aliphatic rings. The van der Waals surface area contributed by atoms with Crippen LogP contribution < -0.4 is 5.32 Å². The fraction of sp³-hybridized carbons (Fsp3) is 0.241. The van der Waals surface area contributed by atoms with Crippen LogP contribution in [0.2, 0.25) is 0 Å². The van der Waals surface area contributed by atoms with Gasteiger partial charge in [0.25, 0.3) is 0 Å². The summed E-state index contributed by atoms with van der Waals surface area (Å²) in [6, 6.07) is 10.6. The summed E-state index contributed by atoms with van der Waals surface area (Å²) in [5.74, 6) is -1.78. The van der Waals surface area contributed by atoms with Crippen molar-refractivity contribution in [3.63, 3.8) is 0 Å². The first-order valence-electron chi connectivity index (χ1n) is 12.7. The van der Waals surface area contributed by atoms with Crippen molar-refractivity contribution in [3.05, 3.63) is 84.1 Å². The van der Waals surface area contributed by atoms with E-state index in [1.807, 2.05) is 13.8 Å². The van der Waals surface area contributed by atoms with Crippen LogP contribution in [0.3, 0.4) is 0 Å². The Balaban J connectivity index is 1.63. The lowest BCUT2D eigenvalue weighted by molar-refractivity contribution is -0.156. The second kappa shape index (κ2) is 11.3. The van der Waals surface area contributed by atoms with Gasteiger partial charge in [0.15, 0.2) is 0 Å². The normalized spacial score (nSPS) is 17.4. The van der Waals surface area contributed by atoms with E-state index in [2.05, 4.69) is 15.3 Å². The van der Waals surface area contributed by atoms with Crippen LogP contribution in [0.5, 0.6) is 0 Å². The van der Waals surface area contributed by atoms with Gasteiger partial charge in [-0.25, -0.2) is 28.1 Å². The number of nitrogens with zero attached hydrogens (tertiary/aromatic N) is 4. The quantitative estimate of drug-likeness (QED) is 0.280. The van der Waals surface area contributed by atoms with E-state index in [9.17, 15) is 23.1 Å². The topological polar surface area (TPSA) is 102 Å². The number of halogens is 3. The van der Waals surface area contributed by atoms with Crippen LogP contribution in [0.1, 0.15) is 38.4 Å². The predicted molar refractivity (Wildman–Crippen MR) is 143 cm³/mol. The minimum atomic E-state index is -0.806. The second-order valence-electron chi connectivity index (χ2n) is 9.68. The van der Waals surface area contributed by atoms with E-state index in [0.717, 1.165) is 12.1 Å². The fourth-order valence-corrected chi connectivity index (χ4v) is 4.43. The van der Waals surface area contributed by atoms with Gasteiger partial charge in [0, 0.05) is 36.4 Å². The van der Waals surface area contributed by atoms with Gasteiger partial charge in [-0.05, 0) is 48.5 Å². The molecule has 0 aliphatic carbocycles. The molecule has 0 unspecified atom stereocenters. The molecule has 3 heterocycles. The van der Waals surface area contributed by atoms with E-state index in [1.54, 1.807) is 35.0 Å². The van der Waals surface area contributed by atoms with Crippen molar-refractivity contribution in [1.29, 1.82) is 0 Å². The van der Waals surface area contributed by atoms with Gasteiger partial charge in [-0.15, -0.1) is 0 Å². The number of benzene rings is 2. The zero-order valence-corrected chi connectivity index (χ0v) is 21.7. The summed E-state index contributed by atoms with van der Waals surface area (Å²) in [5, 5.41) is 12.8. The molecule has 2 aromatic heterocycles. The first kappa shape index (κ1) is 27.1. The SMILES string of the molecule is CC(C)c1nc(-c2ccc(F)cc2)c(-c2ccnc(Nc3ccc(F)cc3F)n2)n1/C=C/[C@@H]1C[C@@H](O)CC(=O)O1. The van der Waals surface area contributed by atoms with Gasteiger partial charge in [0.2, 0.25) is 5.95 Å². The van der Waals surface area contributed by atoms with Gasteiger partial charge < -0.3 is 19.7 Å². The van der Waals surface area contributed by atoms with Crippen LogP contribution in [0, 0.1) is 17.5 Å². The highest BCUT2D eigenvalue weighted by Gasteiger charge is 2.27. The van der Waals surface area contributed by atoms with Crippen LogP contribution in [0.25, 0.3) is 28.8 Å². The number of rotatable bonds is 7. The zero-order chi connectivity index (χ0) is 28.4. The first-order chi connectivity index (χ1) is 19.2. The van der Waals surface area contributed by atoms with E-state index in [4.69, 9.17) is 9.72 Å². The number of hydrogen-bond acceptors (Lipinski definition) is 7. The van der Waals surface area contributed by atoms with Gasteiger partial charge >= 0.3 is 5.97 Å². The number of anilines is 2. The highest BCUT2D eigenvalue weighted by Crippen LogP contribution is 2.35. The molecule has 4 aromatic rings. The molecule has 2 aromatic carbocycles. The van der Waals surface area contributed by atoms with Gasteiger partial charge in [-0.2, -0.15) is 0 Å². The van der Waals surface area contributed by atoms with Crippen molar-refractivity contribution < 1.29 is 27.8 Å². The maximum atomic E-state index is 14.3. The average molecular weight is 550 g/mol. The Morgan fingerprint density at radius 3 is 2.52 bits per heavy atom. The molecule has 5 rings (SSSR count). The highest BCUT2D eigenvalue weighted by molar-refractivity contribution is 5.79. The fourth-order valence-electron chi connectivity index (χ4n) is 4.43. The van der Waals surface area contributed by atoms with Crippen molar-refractivity contribution in [2.24, 2.45) is 0 Å². The molecule has 0 spiro atoms. The third-order valence-corrected chi connectivity index (χ3v) is 6.29. The van der Waals surface area contributed by atoms with E-state index in [1.165, 1.54) is 24.4 Å². The monoisotopic (exact) mass is 549 g/mol. The number of esters is 1. The molecule has 2 atom stereocenters. The Morgan fingerprint density at radius 1 is 1.07 bits per heavy atom. The number of aliphatic hydroxyl groups excluding tert-OH is 1. The number of aromatic nitrogens is 4. The first-order valence-corrected chi connectivity index (χ1v) is 12.7. The third-order valence-electron chi connectivity index (χ3n) is 6.29. The van der Waals surface area contributed by atoms with Crippen LogP contribution in [-0.4, -0.2) is 42.8 Å². The van der Waals surface area contributed by atoms with Gasteiger partial charge in [0.1, 0.15) is 29.4 Å². The van der Waals surface area contributed by atoms with Gasteiger partial charge in [-0.1, -0.05) is 13.8 Å². The number of carbonyl (C=O) groups is 1. The molecule has 0 bridgehead atoms. The summed E-state index contributed by atoms with van der Waals surface area (Å²) in [5.41, 5.74) is 2.06. The summed E-state index contributed by atoms with van der Waals surface area (Å²) in [6.45, 7) is 3.92.